The zero-order valence-corrected chi connectivity index (χ0v) is 10.4. The van der Waals surface area contributed by atoms with Crippen LogP contribution in [0.1, 0.15) is 0 Å². The third-order valence-corrected chi connectivity index (χ3v) is 2.21. The molecule has 1 rings (SSSR count). The van der Waals surface area contributed by atoms with Crippen molar-refractivity contribution in [2.24, 2.45) is 0 Å². The van der Waals surface area contributed by atoms with E-state index in [4.69, 9.17) is 10.5 Å². The van der Waals surface area contributed by atoms with Gasteiger partial charge in [0, 0.05) is 18.7 Å². The van der Waals surface area contributed by atoms with E-state index in [1.807, 2.05) is 19.0 Å². The predicted molar refractivity (Wildman–Crippen MR) is 67.6 cm³/mol. The molecule has 0 spiro atoms. The molecule has 100 valence electrons. The Morgan fingerprint density at radius 3 is 2.72 bits per heavy atom. The van der Waals surface area contributed by atoms with Gasteiger partial charge in [0.05, 0.1) is 10.6 Å². The number of nitrogen functional groups attached to an aromatic ring is 1. The predicted octanol–water partition coefficient (Wildman–Crippen LogP) is 0.478. The Kier molecular flexibility index (Phi) is 4.87. The second-order valence-corrected chi connectivity index (χ2v) is 4.21. The number of hydrogen-bond acceptors (Lipinski definition) is 6. The van der Waals surface area contributed by atoms with E-state index in [0.717, 1.165) is 0 Å². The molecule has 7 nitrogen and oxygen atoms in total. The molecule has 0 aliphatic carbocycles. The summed E-state index contributed by atoms with van der Waals surface area (Å²) in [4.78, 5) is 11.8. The van der Waals surface area contributed by atoms with E-state index in [1.54, 1.807) is 0 Å². The minimum atomic E-state index is -0.644. The number of likely N-dealkylation sites (N-methyl/N-ethyl adjacent to an activating group) is 1. The summed E-state index contributed by atoms with van der Waals surface area (Å²) >= 11 is 0. The second-order valence-electron chi connectivity index (χ2n) is 4.21. The van der Waals surface area contributed by atoms with Gasteiger partial charge in [-0.15, -0.1) is 0 Å². The summed E-state index contributed by atoms with van der Waals surface area (Å²) in [6, 6.07) is 3.97. The lowest BCUT2D eigenvalue weighted by molar-refractivity contribution is -0.384. The average molecular weight is 255 g/mol. The molecule has 0 fully saturated rings. The van der Waals surface area contributed by atoms with E-state index < -0.39 is 11.0 Å². The van der Waals surface area contributed by atoms with Crippen molar-refractivity contribution >= 4 is 11.4 Å². The van der Waals surface area contributed by atoms with E-state index in [2.05, 4.69) is 0 Å². The third-order valence-electron chi connectivity index (χ3n) is 2.21. The zero-order chi connectivity index (χ0) is 13.7. The molecule has 1 unspecified atom stereocenters. The van der Waals surface area contributed by atoms with Crippen molar-refractivity contribution in [1.29, 1.82) is 0 Å². The normalized spacial score (nSPS) is 12.4. The topological polar surface area (TPSA) is 102 Å². The number of nitrogens with two attached hydrogens (primary N) is 1. The standard InChI is InChI=1S/C11H17N3O4/c1-13(2)6-9(15)7-18-11-4-3-8(14(16)17)5-10(11)12/h3-5,9,15H,6-7,12H2,1-2H3. The molecule has 0 bridgehead atoms. The van der Waals surface area contributed by atoms with Crippen molar-refractivity contribution in [1.82, 2.24) is 4.90 Å². The highest BCUT2D eigenvalue weighted by molar-refractivity contribution is 5.58. The molecule has 0 saturated heterocycles. The molecule has 0 aromatic heterocycles. The molecule has 1 aromatic rings. The van der Waals surface area contributed by atoms with Crippen LogP contribution in [-0.4, -0.2) is 48.3 Å². The fourth-order valence-corrected chi connectivity index (χ4v) is 1.44. The van der Waals surface area contributed by atoms with Gasteiger partial charge in [-0.2, -0.15) is 0 Å². The number of nitrogens with zero attached hydrogens (tertiary/aromatic N) is 2. The molecular weight excluding hydrogens is 238 g/mol. The number of hydrogen-bond donors (Lipinski definition) is 2. The lowest BCUT2D eigenvalue weighted by Crippen LogP contribution is -2.30. The SMILES string of the molecule is CN(C)CC(O)COc1ccc([N+](=O)[O-])cc1N. The average Bonchev–Trinajstić information content (AvgIpc) is 2.26. The molecule has 18 heavy (non-hydrogen) atoms. The van der Waals surface area contributed by atoms with Gasteiger partial charge in [-0.1, -0.05) is 0 Å². The maximum absolute atomic E-state index is 10.5. The van der Waals surface area contributed by atoms with Gasteiger partial charge in [0.2, 0.25) is 0 Å². The van der Waals surface area contributed by atoms with Crippen LogP contribution in [0.25, 0.3) is 0 Å². The Morgan fingerprint density at radius 1 is 1.56 bits per heavy atom. The van der Waals surface area contributed by atoms with Crippen molar-refractivity contribution in [3.8, 4) is 5.75 Å². The van der Waals surface area contributed by atoms with Gasteiger partial charge in [0.25, 0.3) is 5.69 Å². The third kappa shape index (κ3) is 4.19. The molecule has 0 saturated carbocycles. The fraction of sp³-hybridized carbons (Fsp3) is 0.455. The number of nitro groups is 1. The quantitative estimate of drug-likeness (QED) is 0.435. The number of benzene rings is 1. The monoisotopic (exact) mass is 255 g/mol. The number of aliphatic hydroxyl groups is 1. The first-order chi connectivity index (χ1) is 8.40. The summed E-state index contributed by atoms with van der Waals surface area (Å²) < 4.78 is 5.31. The number of ether oxygens (including phenoxy) is 1. The maximum atomic E-state index is 10.5. The van der Waals surface area contributed by atoms with E-state index in [1.165, 1.54) is 18.2 Å². The molecule has 0 radical (unpaired) electrons. The first-order valence-electron chi connectivity index (χ1n) is 5.39. The van der Waals surface area contributed by atoms with Crippen molar-refractivity contribution < 1.29 is 14.8 Å². The Bertz CT molecular complexity index is 423. The maximum Gasteiger partial charge on any atom is 0.271 e. The highest BCUT2D eigenvalue weighted by Gasteiger charge is 2.11. The molecule has 1 atom stereocenters. The van der Waals surface area contributed by atoms with Crippen LogP contribution in [0.2, 0.25) is 0 Å². The van der Waals surface area contributed by atoms with Gasteiger partial charge in [-0.25, -0.2) is 0 Å². The Balaban J connectivity index is 2.60. The van der Waals surface area contributed by atoms with Crippen molar-refractivity contribution in [2.75, 3.05) is 33.0 Å². The summed E-state index contributed by atoms with van der Waals surface area (Å²) in [5, 5.41) is 20.1. The summed E-state index contributed by atoms with van der Waals surface area (Å²) in [6.45, 7) is 0.549. The Hall–Kier alpha value is -1.86. The smallest absolute Gasteiger partial charge is 0.271 e. The fourth-order valence-electron chi connectivity index (χ4n) is 1.44. The molecule has 3 N–H and O–H groups in total. The first-order valence-corrected chi connectivity index (χ1v) is 5.39. The van der Waals surface area contributed by atoms with Crippen LogP contribution >= 0.6 is 0 Å². The molecule has 1 aromatic carbocycles. The van der Waals surface area contributed by atoms with Crippen LogP contribution in [0.15, 0.2) is 18.2 Å². The molecule has 7 heteroatoms. The zero-order valence-electron chi connectivity index (χ0n) is 10.4. The van der Waals surface area contributed by atoms with Gasteiger partial charge in [-0.3, -0.25) is 10.1 Å². The largest absolute Gasteiger partial charge is 0.489 e. The minimum Gasteiger partial charge on any atom is -0.489 e. The highest BCUT2D eigenvalue weighted by atomic mass is 16.6. The Morgan fingerprint density at radius 2 is 2.22 bits per heavy atom. The van der Waals surface area contributed by atoms with Crippen molar-refractivity contribution in [3.63, 3.8) is 0 Å². The molecule has 0 aliphatic rings. The van der Waals surface area contributed by atoms with Crippen LogP contribution in [0.5, 0.6) is 5.75 Å². The highest BCUT2D eigenvalue weighted by Crippen LogP contribution is 2.26. The van der Waals surface area contributed by atoms with Crippen LogP contribution < -0.4 is 10.5 Å². The van der Waals surface area contributed by atoms with E-state index >= 15 is 0 Å². The summed E-state index contributed by atoms with van der Waals surface area (Å²) in [6.07, 6.45) is -0.644. The van der Waals surface area contributed by atoms with Gasteiger partial charge in [-0.05, 0) is 20.2 Å². The van der Waals surface area contributed by atoms with Crippen LogP contribution in [0.4, 0.5) is 11.4 Å². The summed E-state index contributed by atoms with van der Waals surface area (Å²) in [7, 11) is 3.67. The number of aliphatic hydroxyl groups excluding tert-OH is 1. The number of rotatable bonds is 6. The summed E-state index contributed by atoms with van der Waals surface area (Å²) in [5.74, 6) is 0.332. The second kappa shape index (κ2) is 6.18. The molecule has 0 heterocycles. The number of anilines is 1. The summed E-state index contributed by atoms with van der Waals surface area (Å²) in [5.41, 5.74) is 5.72. The van der Waals surface area contributed by atoms with E-state index in [0.29, 0.717) is 12.3 Å². The molecule has 0 aliphatic heterocycles. The lowest BCUT2D eigenvalue weighted by Gasteiger charge is -2.17. The van der Waals surface area contributed by atoms with E-state index in [-0.39, 0.29) is 18.0 Å². The van der Waals surface area contributed by atoms with Gasteiger partial charge in [0.15, 0.2) is 0 Å². The van der Waals surface area contributed by atoms with E-state index in [9.17, 15) is 15.2 Å². The van der Waals surface area contributed by atoms with Crippen LogP contribution in [-0.2, 0) is 0 Å². The Labute approximate surface area is 105 Å². The number of nitro benzene ring substituents is 1. The minimum absolute atomic E-state index is 0.0835. The lowest BCUT2D eigenvalue weighted by atomic mass is 10.2. The first kappa shape index (κ1) is 14.2. The van der Waals surface area contributed by atoms with Gasteiger partial charge in [0.1, 0.15) is 18.5 Å². The van der Waals surface area contributed by atoms with Crippen molar-refractivity contribution in [3.05, 3.63) is 28.3 Å². The number of non-ortho nitro benzene ring substituents is 1. The molecule has 0 amide bonds. The van der Waals surface area contributed by atoms with Crippen LogP contribution in [0.3, 0.4) is 0 Å². The van der Waals surface area contributed by atoms with Crippen LogP contribution in [0, 0.1) is 10.1 Å². The van der Waals surface area contributed by atoms with Gasteiger partial charge >= 0.3 is 0 Å². The van der Waals surface area contributed by atoms with Crippen molar-refractivity contribution in [2.45, 2.75) is 6.10 Å². The molecular formula is C11H17N3O4. The van der Waals surface area contributed by atoms with Gasteiger partial charge < -0.3 is 20.5 Å².